The first-order chi connectivity index (χ1) is 7.40. The van der Waals surface area contributed by atoms with Crippen molar-refractivity contribution in [2.24, 2.45) is 0 Å². The zero-order valence-electron chi connectivity index (χ0n) is 7.52. The van der Waals surface area contributed by atoms with E-state index in [-0.39, 0.29) is 10.8 Å². The van der Waals surface area contributed by atoms with Crippen LogP contribution in [0.15, 0.2) is 9.65 Å². The van der Waals surface area contributed by atoms with Gasteiger partial charge in [-0.05, 0) is 10.3 Å². The van der Waals surface area contributed by atoms with Gasteiger partial charge in [0.1, 0.15) is 0 Å². The number of carbonyl (C=O) groups is 1. The molecule has 0 spiro atoms. The summed E-state index contributed by atoms with van der Waals surface area (Å²) < 4.78 is 42.3. The number of aromatic carboxylic acids is 1. The Bertz CT molecular complexity index is 367. The number of aromatic nitrogens is 2. The van der Waals surface area contributed by atoms with Gasteiger partial charge in [0.25, 0.3) is 0 Å². The van der Waals surface area contributed by atoms with Crippen LogP contribution < -0.4 is 0 Å². The molecule has 0 bridgehead atoms. The lowest BCUT2D eigenvalue weighted by molar-refractivity contribution is -0.322. The van der Waals surface area contributed by atoms with Crippen molar-refractivity contribution in [3.63, 3.8) is 0 Å². The number of rotatable bonds is 5. The van der Waals surface area contributed by atoms with E-state index in [1.807, 2.05) is 0 Å². The van der Waals surface area contributed by atoms with Gasteiger partial charge in [-0.2, -0.15) is 0 Å². The summed E-state index contributed by atoms with van der Waals surface area (Å²) in [6.07, 6.45) is -4.70. The van der Waals surface area contributed by atoms with Gasteiger partial charge in [-0.15, -0.1) is 13.2 Å². The molecule has 1 heterocycles. The van der Waals surface area contributed by atoms with Crippen molar-refractivity contribution < 1.29 is 32.4 Å². The number of hydrogen-bond acceptors (Lipinski definition) is 6. The van der Waals surface area contributed by atoms with E-state index in [0.717, 1.165) is 11.8 Å². The molecule has 1 rings (SSSR count). The minimum Gasteiger partial charge on any atom is -0.476 e. The summed E-state index contributed by atoms with van der Waals surface area (Å²) in [6, 6.07) is 0. The van der Waals surface area contributed by atoms with Crippen molar-refractivity contribution in [3.8, 4) is 0 Å². The second-order valence-corrected chi connectivity index (χ2v) is 3.45. The van der Waals surface area contributed by atoms with E-state index in [1.54, 1.807) is 0 Å². The highest BCUT2D eigenvalue weighted by Crippen LogP contribution is 2.21. The summed E-state index contributed by atoms with van der Waals surface area (Å²) in [5.41, 5.74) is -0.433. The van der Waals surface area contributed by atoms with Crippen LogP contribution >= 0.6 is 11.8 Å². The van der Waals surface area contributed by atoms with E-state index in [1.165, 1.54) is 0 Å². The third-order valence-electron chi connectivity index (χ3n) is 1.25. The lowest BCUT2D eigenvalue weighted by atomic mass is 10.5. The smallest absolute Gasteiger partial charge is 0.476 e. The number of alkyl halides is 3. The molecule has 6 nitrogen and oxygen atoms in total. The molecule has 1 aromatic rings. The number of carboxylic acids is 1. The van der Waals surface area contributed by atoms with Crippen LogP contribution in [0, 0.1) is 0 Å². The molecule has 10 heteroatoms. The summed E-state index contributed by atoms with van der Waals surface area (Å²) in [5.74, 6) is -1.48. The molecule has 0 saturated carbocycles. The lowest BCUT2D eigenvalue weighted by Gasteiger charge is -2.05. The molecule has 0 aliphatic carbocycles. The summed E-state index contributed by atoms with van der Waals surface area (Å²) in [5, 5.41) is 14.8. The van der Waals surface area contributed by atoms with Gasteiger partial charge in [0, 0.05) is 5.75 Å². The molecule has 1 aromatic heterocycles. The maximum atomic E-state index is 11.6. The highest BCUT2D eigenvalue weighted by molar-refractivity contribution is 7.99. The Morgan fingerprint density at radius 1 is 1.50 bits per heavy atom. The van der Waals surface area contributed by atoms with Gasteiger partial charge in [-0.1, -0.05) is 11.8 Å². The van der Waals surface area contributed by atoms with Gasteiger partial charge in [-0.3, -0.25) is 4.74 Å². The van der Waals surface area contributed by atoms with Crippen molar-refractivity contribution >= 4 is 17.7 Å². The molecule has 0 unspecified atom stereocenters. The van der Waals surface area contributed by atoms with Crippen LogP contribution in [0.5, 0.6) is 0 Å². The average Bonchev–Trinajstić information content (AvgIpc) is 2.58. The topological polar surface area (TPSA) is 85.5 Å². The third kappa shape index (κ3) is 4.06. The SMILES string of the molecule is O=C(O)c1nonc1SCCOC(F)(F)F. The van der Waals surface area contributed by atoms with Crippen molar-refractivity contribution in [2.75, 3.05) is 12.4 Å². The number of ether oxygens (including phenoxy) is 1. The molecule has 0 aliphatic heterocycles. The molecule has 16 heavy (non-hydrogen) atoms. The Morgan fingerprint density at radius 2 is 2.19 bits per heavy atom. The molecule has 0 saturated heterocycles. The fourth-order valence-corrected chi connectivity index (χ4v) is 1.41. The van der Waals surface area contributed by atoms with Crippen LogP contribution in [0.1, 0.15) is 10.5 Å². The van der Waals surface area contributed by atoms with Crippen LogP contribution in [0.3, 0.4) is 0 Å². The van der Waals surface area contributed by atoms with Crippen molar-refractivity contribution in [3.05, 3.63) is 5.69 Å². The van der Waals surface area contributed by atoms with Crippen molar-refractivity contribution in [2.45, 2.75) is 11.4 Å². The Balaban J connectivity index is 2.38. The fraction of sp³-hybridized carbons (Fsp3) is 0.500. The number of nitrogens with zero attached hydrogens (tertiary/aromatic N) is 2. The summed E-state index contributed by atoms with van der Waals surface area (Å²) in [7, 11) is 0. The van der Waals surface area contributed by atoms with Gasteiger partial charge in [0.05, 0.1) is 6.61 Å². The van der Waals surface area contributed by atoms with Gasteiger partial charge in [0.2, 0.25) is 5.69 Å². The van der Waals surface area contributed by atoms with Crippen molar-refractivity contribution in [1.29, 1.82) is 0 Å². The zero-order chi connectivity index (χ0) is 12.2. The van der Waals surface area contributed by atoms with Gasteiger partial charge in [0.15, 0.2) is 5.03 Å². The number of hydrogen-bond donors (Lipinski definition) is 1. The first-order valence-corrected chi connectivity index (χ1v) is 4.78. The lowest BCUT2D eigenvalue weighted by Crippen LogP contribution is -2.15. The molecule has 1 N–H and O–H groups in total. The normalized spacial score (nSPS) is 11.7. The zero-order valence-corrected chi connectivity index (χ0v) is 8.34. The Kier molecular flexibility index (Phi) is 4.12. The number of thioether (sulfide) groups is 1. The van der Waals surface area contributed by atoms with E-state index in [4.69, 9.17) is 5.11 Å². The number of carboxylic acid groups (broad SMARTS) is 1. The largest absolute Gasteiger partial charge is 0.522 e. The van der Waals surface area contributed by atoms with Crippen LogP contribution in [-0.2, 0) is 4.74 Å². The van der Waals surface area contributed by atoms with E-state index in [9.17, 15) is 18.0 Å². The van der Waals surface area contributed by atoms with Crippen LogP contribution in [0.25, 0.3) is 0 Å². The minimum atomic E-state index is -4.70. The van der Waals surface area contributed by atoms with E-state index in [0.29, 0.717) is 0 Å². The third-order valence-corrected chi connectivity index (χ3v) is 2.16. The molecule has 0 amide bonds. The maximum absolute atomic E-state index is 11.6. The fourth-order valence-electron chi connectivity index (χ4n) is 0.702. The Hall–Kier alpha value is -1.29. The quantitative estimate of drug-likeness (QED) is 0.631. The molecule has 0 aliphatic rings. The first-order valence-electron chi connectivity index (χ1n) is 3.79. The second-order valence-electron chi connectivity index (χ2n) is 2.37. The van der Waals surface area contributed by atoms with E-state index < -0.39 is 24.6 Å². The highest BCUT2D eigenvalue weighted by atomic mass is 32.2. The second kappa shape index (κ2) is 5.16. The summed E-state index contributed by atoms with van der Waals surface area (Å²) in [6.45, 7) is -0.611. The van der Waals surface area contributed by atoms with Crippen LogP contribution in [0.4, 0.5) is 13.2 Å². The summed E-state index contributed by atoms with van der Waals surface area (Å²) >= 11 is 0.750. The highest BCUT2D eigenvalue weighted by Gasteiger charge is 2.28. The Morgan fingerprint density at radius 3 is 2.75 bits per heavy atom. The average molecular weight is 258 g/mol. The molecular weight excluding hydrogens is 253 g/mol. The maximum Gasteiger partial charge on any atom is 0.522 e. The predicted molar refractivity (Wildman–Crippen MR) is 44.0 cm³/mol. The number of halogens is 3. The summed E-state index contributed by atoms with van der Waals surface area (Å²) in [4.78, 5) is 10.5. The standard InChI is InChI=1S/C6H5F3N2O4S/c7-6(8,9)14-1-2-16-4-3(5(12)13)10-15-11-4/h1-2H2,(H,12,13). The molecule has 0 atom stereocenters. The monoisotopic (exact) mass is 258 g/mol. The van der Waals surface area contributed by atoms with E-state index >= 15 is 0 Å². The predicted octanol–water partition coefficient (Wildman–Crippen LogP) is 1.40. The molecular formula is C6H5F3N2O4S. The van der Waals surface area contributed by atoms with Crippen LogP contribution in [-0.4, -0.2) is 40.1 Å². The van der Waals surface area contributed by atoms with Gasteiger partial charge >= 0.3 is 12.3 Å². The minimum absolute atomic E-state index is 0.0849. The molecule has 0 radical (unpaired) electrons. The van der Waals surface area contributed by atoms with Crippen molar-refractivity contribution in [1.82, 2.24) is 10.3 Å². The first kappa shape index (κ1) is 12.8. The molecule has 0 fully saturated rings. The molecule has 90 valence electrons. The Labute approximate surface area is 90.7 Å². The molecule has 0 aromatic carbocycles. The van der Waals surface area contributed by atoms with Gasteiger partial charge in [-0.25, -0.2) is 9.42 Å². The van der Waals surface area contributed by atoms with Gasteiger partial charge < -0.3 is 5.11 Å². The van der Waals surface area contributed by atoms with E-state index in [2.05, 4.69) is 19.7 Å². The van der Waals surface area contributed by atoms with Crippen LogP contribution in [0.2, 0.25) is 0 Å².